The largest absolute Gasteiger partial charge is 0.356 e. The molecule has 5 unspecified atom stereocenters. The number of anilines is 1. The van der Waals surface area contributed by atoms with Crippen molar-refractivity contribution in [2.75, 3.05) is 76.5 Å². The van der Waals surface area contributed by atoms with Crippen molar-refractivity contribution in [2.24, 2.45) is 5.92 Å². The zero-order chi connectivity index (χ0) is 41.5. The van der Waals surface area contributed by atoms with E-state index >= 15 is 0 Å². The molecule has 1 aromatic carbocycles. The molecular formula is C45H78N8O4S. The van der Waals surface area contributed by atoms with Crippen molar-refractivity contribution in [3.8, 4) is 0 Å². The molecule has 5 amide bonds. The van der Waals surface area contributed by atoms with Crippen LogP contribution in [0.3, 0.4) is 0 Å². The number of urea groups is 1. The Hall–Kier alpha value is -2.87. The van der Waals surface area contributed by atoms with Gasteiger partial charge in [0.2, 0.25) is 17.7 Å². The predicted octanol–water partition coefficient (Wildman–Crippen LogP) is 6.01. The Bertz CT molecular complexity index is 1360. The lowest BCUT2D eigenvalue weighted by molar-refractivity contribution is -0.122. The smallest absolute Gasteiger partial charge is 0.315 e. The zero-order valence-electron chi connectivity index (χ0n) is 36.5. The van der Waals surface area contributed by atoms with Gasteiger partial charge < -0.3 is 36.4 Å². The Morgan fingerprint density at radius 3 is 2.12 bits per heavy atom. The third-order valence-corrected chi connectivity index (χ3v) is 13.7. The van der Waals surface area contributed by atoms with Crippen LogP contribution in [-0.2, 0) is 20.8 Å². The van der Waals surface area contributed by atoms with E-state index in [9.17, 15) is 19.2 Å². The highest BCUT2D eigenvalue weighted by Crippen LogP contribution is 2.33. The lowest BCUT2D eigenvalue weighted by Gasteiger charge is -2.40. The van der Waals surface area contributed by atoms with Gasteiger partial charge in [-0.3, -0.25) is 19.3 Å². The molecule has 1 aromatic rings. The number of carbonyl (C=O) groups excluding carboxylic acids is 4. The number of thioether (sulfide) groups is 1. The van der Waals surface area contributed by atoms with Crippen molar-refractivity contribution in [1.29, 1.82) is 0 Å². The van der Waals surface area contributed by atoms with Gasteiger partial charge in [0.25, 0.3) is 0 Å². The minimum Gasteiger partial charge on any atom is -0.356 e. The van der Waals surface area contributed by atoms with Gasteiger partial charge in [0.15, 0.2) is 0 Å². The van der Waals surface area contributed by atoms with Gasteiger partial charge in [-0.15, -0.1) is 0 Å². The monoisotopic (exact) mass is 827 g/mol. The SMILES string of the molecule is CCCN1CC(C)CCN(CCN(CC)CC)CC1Cc1ccc(NC(=O)CCCCCNC(=O)CCCCCNC(=O)CCCCC2SCC3NC(=O)NC32)cc1. The molecule has 0 radical (unpaired) electrons. The fourth-order valence-electron chi connectivity index (χ4n) is 8.63. The number of likely N-dealkylation sites (N-methyl/N-ethyl adjacent to an activating group) is 1. The molecule has 5 atom stereocenters. The van der Waals surface area contributed by atoms with Crippen molar-refractivity contribution >= 4 is 41.2 Å². The van der Waals surface area contributed by atoms with Crippen LogP contribution in [0.5, 0.6) is 0 Å². The van der Waals surface area contributed by atoms with E-state index in [0.717, 1.165) is 115 Å². The molecule has 58 heavy (non-hydrogen) atoms. The summed E-state index contributed by atoms with van der Waals surface area (Å²) in [6.07, 6.45) is 12.9. The number of amides is 5. The first-order valence-corrected chi connectivity index (χ1v) is 24.0. The highest BCUT2D eigenvalue weighted by atomic mass is 32.2. The van der Waals surface area contributed by atoms with Crippen LogP contribution in [0.4, 0.5) is 10.5 Å². The van der Waals surface area contributed by atoms with E-state index in [4.69, 9.17) is 0 Å². The van der Waals surface area contributed by atoms with Gasteiger partial charge in [-0.2, -0.15) is 11.8 Å². The first-order chi connectivity index (χ1) is 28.2. The van der Waals surface area contributed by atoms with Crippen molar-refractivity contribution in [2.45, 2.75) is 147 Å². The van der Waals surface area contributed by atoms with Crippen molar-refractivity contribution in [3.05, 3.63) is 29.8 Å². The van der Waals surface area contributed by atoms with Gasteiger partial charge in [-0.1, -0.05) is 59.1 Å². The number of benzene rings is 1. The van der Waals surface area contributed by atoms with Crippen LogP contribution in [0.2, 0.25) is 0 Å². The molecule has 3 aliphatic heterocycles. The standard InChI is InChI=1S/C45H78N8O4S/c1-5-27-53-32-35(4)24-28-52(30-29-51(6-2)7-3)33-38(53)31-36-20-22-37(23-21-36)48-43(56)19-11-9-15-26-46-41(54)17-10-8-14-25-47-42(55)18-13-12-16-40-44-39(34-58-40)49-45(57)50-44/h20-23,35,38-40,44H,5-19,24-34H2,1-4H3,(H,46,54)(H,47,55)(H,48,56)(H2,49,50,57). The van der Waals surface area contributed by atoms with E-state index in [-0.39, 0.29) is 35.8 Å². The predicted molar refractivity (Wildman–Crippen MR) is 239 cm³/mol. The van der Waals surface area contributed by atoms with Crippen molar-refractivity contribution < 1.29 is 19.2 Å². The third kappa shape index (κ3) is 17.8. The van der Waals surface area contributed by atoms with Crippen molar-refractivity contribution in [3.63, 3.8) is 0 Å². The molecule has 3 saturated heterocycles. The number of fused-ring (bicyclic) bond motifs is 1. The molecule has 12 nitrogen and oxygen atoms in total. The van der Waals surface area contributed by atoms with Gasteiger partial charge in [0, 0.05) is 81.3 Å². The average Bonchev–Trinajstić information content (AvgIpc) is 3.76. The summed E-state index contributed by atoms with van der Waals surface area (Å²) in [7, 11) is 0. The summed E-state index contributed by atoms with van der Waals surface area (Å²) in [5.41, 5.74) is 2.17. The van der Waals surface area contributed by atoms with Gasteiger partial charge in [0.1, 0.15) is 0 Å². The summed E-state index contributed by atoms with van der Waals surface area (Å²) < 4.78 is 0. The molecule has 0 spiro atoms. The topological polar surface area (TPSA) is 138 Å². The molecule has 0 saturated carbocycles. The quantitative estimate of drug-likeness (QED) is 0.0538. The highest BCUT2D eigenvalue weighted by molar-refractivity contribution is 8.00. The van der Waals surface area contributed by atoms with E-state index in [1.807, 2.05) is 11.8 Å². The second-order valence-electron chi connectivity index (χ2n) is 17.0. The van der Waals surface area contributed by atoms with Crippen LogP contribution in [0, 0.1) is 5.92 Å². The van der Waals surface area contributed by atoms with Gasteiger partial charge in [0.05, 0.1) is 12.1 Å². The lowest BCUT2D eigenvalue weighted by atomic mass is 9.98. The summed E-state index contributed by atoms with van der Waals surface area (Å²) in [6, 6.07) is 9.38. The van der Waals surface area contributed by atoms with Gasteiger partial charge in [-0.25, -0.2) is 4.79 Å². The maximum absolute atomic E-state index is 12.7. The minimum atomic E-state index is -0.0554. The molecule has 3 heterocycles. The molecular weight excluding hydrogens is 749 g/mol. The number of nitrogens with zero attached hydrogens (tertiary/aromatic N) is 3. The van der Waals surface area contributed by atoms with Crippen LogP contribution < -0.4 is 26.6 Å². The fraction of sp³-hybridized carbons (Fsp3) is 0.778. The Morgan fingerprint density at radius 1 is 0.810 bits per heavy atom. The van der Waals surface area contributed by atoms with Crippen molar-refractivity contribution in [1.82, 2.24) is 36.0 Å². The van der Waals surface area contributed by atoms with E-state index in [1.165, 1.54) is 31.5 Å². The number of nitrogens with one attached hydrogen (secondary N) is 5. The number of hydrogen-bond acceptors (Lipinski definition) is 8. The van der Waals surface area contributed by atoms with Crippen LogP contribution >= 0.6 is 11.8 Å². The molecule has 328 valence electrons. The van der Waals surface area contributed by atoms with E-state index in [0.29, 0.717) is 49.6 Å². The second-order valence-corrected chi connectivity index (χ2v) is 18.3. The van der Waals surface area contributed by atoms with Crippen LogP contribution in [0.15, 0.2) is 24.3 Å². The van der Waals surface area contributed by atoms with Crippen LogP contribution in [0.1, 0.15) is 123 Å². The Labute approximate surface area is 354 Å². The number of rotatable bonds is 27. The van der Waals surface area contributed by atoms with Crippen LogP contribution in [-0.4, -0.2) is 133 Å². The molecule has 3 fully saturated rings. The zero-order valence-corrected chi connectivity index (χ0v) is 37.3. The summed E-state index contributed by atoms with van der Waals surface area (Å²) in [6.45, 7) is 19.5. The highest BCUT2D eigenvalue weighted by Gasteiger charge is 2.42. The number of carbonyl (C=O) groups is 4. The number of unbranched alkanes of at least 4 members (excludes halogenated alkanes) is 5. The van der Waals surface area contributed by atoms with E-state index in [1.54, 1.807) is 0 Å². The van der Waals surface area contributed by atoms with Gasteiger partial charge >= 0.3 is 6.03 Å². The first kappa shape index (κ1) is 47.8. The van der Waals surface area contributed by atoms with E-state index in [2.05, 4.69) is 93.2 Å². The molecule has 0 aromatic heterocycles. The fourth-order valence-corrected chi connectivity index (χ4v) is 10.2. The molecule has 5 N–H and O–H groups in total. The summed E-state index contributed by atoms with van der Waals surface area (Å²) in [5.74, 6) is 1.85. The maximum atomic E-state index is 12.7. The van der Waals surface area contributed by atoms with Crippen LogP contribution in [0.25, 0.3) is 0 Å². The third-order valence-electron chi connectivity index (χ3n) is 12.2. The second kappa shape index (κ2) is 27.1. The average molecular weight is 827 g/mol. The molecule has 0 bridgehead atoms. The summed E-state index contributed by atoms with van der Waals surface area (Å²) in [4.78, 5) is 56.7. The summed E-state index contributed by atoms with van der Waals surface area (Å²) in [5, 5.41) is 15.5. The Kier molecular flexibility index (Phi) is 22.3. The normalized spacial score (nSPS) is 22.5. The summed E-state index contributed by atoms with van der Waals surface area (Å²) >= 11 is 1.91. The lowest BCUT2D eigenvalue weighted by Crippen LogP contribution is -2.51. The molecule has 0 aliphatic carbocycles. The minimum absolute atomic E-state index is 0.0377. The van der Waals surface area contributed by atoms with E-state index < -0.39 is 0 Å². The van der Waals surface area contributed by atoms with Gasteiger partial charge in [-0.05, 0) is 108 Å². The Balaban J connectivity index is 1.000. The maximum Gasteiger partial charge on any atom is 0.315 e. The Morgan fingerprint density at radius 2 is 1.47 bits per heavy atom. The molecule has 4 rings (SSSR count). The first-order valence-electron chi connectivity index (χ1n) is 23.0. The number of hydrogen-bond donors (Lipinski definition) is 5. The molecule has 3 aliphatic rings. The molecule has 13 heteroatoms.